The molecule has 0 bridgehead atoms. The van der Waals surface area contributed by atoms with E-state index in [2.05, 4.69) is 20.9 Å². The number of thiazole rings is 1. The van der Waals surface area contributed by atoms with Crippen molar-refractivity contribution in [2.45, 2.75) is 59.5 Å². The number of ether oxygens (including phenoxy) is 2. The van der Waals surface area contributed by atoms with Gasteiger partial charge < -0.3 is 20.1 Å². The van der Waals surface area contributed by atoms with E-state index in [1.54, 1.807) is 24.4 Å². The van der Waals surface area contributed by atoms with E-state index in [0.717, 1.165) is 29.7 Å². The van der Waals surface area contributed by atoms with Crippen LogP contribution in [0, 0.1) is 13.8 Å². The van der Waals surface area contributed by atoms with Crippen molar-refractivity contribution in [1.82, 2.24) is 15.6 Å². The van der Waals surface area contributed by atoms with Crippen molar-refractivity contribution in [3.63, 3.8) is 0 Å². The van der Waals surface area contributed by atoms with Crippen molar-refractivity contribution in [3.05, 3.63) is 40.4 Å². The first-order chi connectivity index (χ1) is 16.0. The molecule has 3 amide bonds. The van der Waals surface area contributed by atoms with Gasteiger partial charge in [-0.15, -0.1) is 11.3 Å². The van der Waals surface area contributed by atoms with Gasteiger partial charge in [0.05, 0.1) is 0 Å². The van der Waals surface area contributed by atoms with Crippen LogP contribution in [0.2, 0.25) is 0 Å². The van der Waals surface area contributed by atoms with Crippen molar-refractivity contribution < 1.29 is 23.9 Å². The molecule has 2 rings (SSSR count). The Morgan fingerprint density at radius 2 is 1.74 bits per heavy atom. The van der Waals surface area contributed by atoms with Crippen LogP contribution in [0.1, 0.15) is 60.8 Å². The quantitative estimate of drug-likeness (QED) is 0.406. The highest BCUT2D eigenvalue weighted by Crippen LogP contribution is 2.21. The average Bonchev–Trinajstić information content (AvgIpc) is 3.14. The summed E-state index contributed by atoms with van der Waals surface area (Å²) in [6, 6.07) is 5.07. The minimum Gasteiger partial charge on any atom is -0.484 e. The fourth-order valence-electron chi connectivity index (χ4n) is 2.92. The number of nitrogens with zero attached hydrogens (tertiary/aromatic N) is 1. The van der Waals surface area contributed by atoms with Crippen molar-refractivity contribution in [2.24, 2.45) is 0 Å². The second-order valence-corrected chi connectivity index (χ2v) is 10.1. The molecule has 0 atom stereocenters. The van der Waals surface area contributed by atoms with Crippen LogP contribution in [0.4, 0.5) is 9.93 Å². The van der Waals surface area contributed by atoms with Crippen LogP contribution in [0.5, 0.6) is 5.75 Å². The highest BCUT2D eigenvalue weighted by atomic mass is 32.1. The molecule has 0 saturated carbocycles. The van der Waals surface area contributed by atoms with E-state index in [1.807, 2.05) is 34.6 Å². The van der Waals surface area contributed by atoms with Gasteiger partial charge in [-0.3, -0.25) is 14.9 Å². The number of aryl methyl sites for hydroxylation is 2. The van der Waals surface area contributed by atoms with Gasteiger partial charge in [0, 0.05) is 29.7 Å². The van der Waals surface area contributed by atoms with Crippen LogP contribution < -0.4 is 20.7 Å². The Bertz CT molecular complexity index is 984. The first-order valence-electron chi connectivity index (χ1n) is 11.2. The molecule has 186 valence electrons. The van der Waals surface area contributed by atoms with E-state index in [9.17, 15) is 14.4 Å². The molecule has 1 heterocycles. The summed E-state index contributed by atoms with van der Waals surface area (Å²) >= 11 is 1.41. The summed E-state index contributed by atoms with van der Waals surface area (Å²) in [4.78, 5) is 41.2. The van der Waals surface area contributed by atoms with Crippen LogP contribution in [0.25, 0.3) is 0 Å². The summed E-state index contributed by atoms with van der Waals surface area (Å²) in [6.07, 6.45) is 3.74. The Balaban J connectivity index is 1.62. The molecule has 0 aliphatic heterocycles. The number of unbranched alkanes of at least 4 members (excludes halogenated alkanes) is 2. The van der Waals surface area contributed by atoms with Gasteiger partial charge >= 0.3 is 6.09 Å². The van der Waals surface area contributed by atoms with E-state index in [-0.39, 0.29) is 18.4 Å². The summed E-state index contributed by atoms with van der Waals surface area (Å²) in [5.74, 6) is 0.0606. The molecule has 0 aliphatic carbocycles. The zero-order chi connectivity index (χ0) is 25.1. The third kappa shape index (κ3) is 10.2. The van der Waals surface area contributed by atoms with Crippen LogP contribution in [-0.4, -0.2) is 48.2 Å². The molecule has 0 fully saturated rings. The monoisotopic (exact) mass is 490 g/mol. The number of hydrogen-bond donors (Lipinski definition) is 3. The van der Waals surface area contributed by atoms with Gasteiger partial charge in [0.2, 0.25) is 0 Å². The maximum Gasteiger partial charge on any atom is 0.407 e. The molecule has 0 saturated heterocycles. The van der Waals surface area contributed by atoms with Gasteiger partial charge in [0.15, 0.2) is 11.7 Å². The predicted octanol–water partition coefficient (Wildman–Crippen LogP) is 4.20. The van der Waals surface area contributed by atoms with E-state index < -0.39 is 11.7 Å². The molecular formula is C24H34N4O5S. The smallest absolute Gasteiger partial charge is 0.407 e. The number of amides is 3. The first kappa shape index (κ1) is 27.1. The lowest BCUT2D eigenvalue weighted by atomic mass is 10.1. The number of carbonyl (C=O) groups excluding carboxylic acids is 3. The second-order valence-electron chi connectivity index (χ2n) is 8.83. The topological polar surface area (TPSA) is 119 Å². The Morgan fingerprint density at radius 1 is 1.03 bits per heavy atom. The highest BCUT2D eigenvalue weighted by Gasteiger charge is 2.15. The molecule has 9 nitrogen and oxygen atoms in total. The van der Waals surface area contributed by atoms with Crippen molar-refractivity contribution in [3.8, 4) is 5.75 Å². The van der Waals surface area contributed by atoms with Crippen molar-refractivity contribution >= 4 is 34.4 Å². The minimum atomic E-state index is -0.507. The number of nitrogens with one attached hydrogen (secondary N) is 3. The molecule has 3 N–H and O–H groups in total. The molecule has 2 aromatic rings. The first-order valence-corrected chi connectivity index (χ1v) is 12.1. The molecular weight excluding hydrogens is 456 g/mol. The van der Waals surface area contributed by atoms with Crippen LogP contribution in [-0.2, 0) is 9.53 Å². The Hall–Kier alpha value is -3.14. The van der Waals surface area contributed by atoms with Crippen LogP contribution >= 0.6 is 11.3 Å². The second kappa shape index (κ2) is 12.9. The van der Waals surface area contributed by atoms with E-state index >= 15 is 0 Å². The van der Waals surface area contributed by atoms with Gasteiger partial charge in [0.25, 0.3) is 11.8 Å². The van der Waals surface area contributed by atoms with Crippen LogP contribution in [0.15, 0.2) is 24.4 Å². The molecule has 0 unspecified atom stereocenters. The van der Waals surface area contributed by atoms with Gasteiger partial charge in [-0.2, -0.15) is 0 Å². The molecule has 1 aromatic heterocycles. The number of hydrogen-bond acceptors (Lipinski definition) is 7. The number of aromatic nitrogens is 1. The van der Waals surface area contributed by atoms with Gasteiger partial charge in [-0.25, -0.2) is 9.78 Å². The molecule has 34 heavy (non-hydrogen) atoms. The fraction of sp³-hybridized carbons (Fsp3) is 0.500. The summed E-state index contributed by atoms with van der Waals surface area (Å²) in [5, 5.41) is 8.86. The summed E-state index contributed by atoms with van der Waals surface area (Å²) < 4.78 is 10.7. The molecule has 10 heteroatoms. The SMILES string of the molecule is Cc1cnc(NC(=O)c2ccc(OCC(=O)NCCCCCNC(=O)OC(C)(C)C)cc2C)s1. The van der Waals surface area contributed by atoms with E-state index in [0.29, 0.717) is 29.5 Å². The summed E-state index contributed by atoms with van der Waals surface area (Å²) in [6.45, 7) is 10.1. The van der Waals surface area contributed by atoms with Gasteiger partial charge in [-0.1, -0.05) is 0 Å². The lowest BCUT2D eigenvalue weighted by Gasteiger charge is -2.19. The zero-order valence-electron chi connectivity index (χ0n) is 20.4. The highest BCUT2D eigenvalue weighted by molar-refractivity contribution is 7.15. The Morgan fingerprint density at radius 3 is 2.35 bits per heavy atom. The Labute approximate surface area is 204 Å². The maximum absolute atomic E-state index is 12.4. The number of benzene rings is 1. The summed E-state index contributed by atoms with van der Waals surface area (Å²) in [7, 11) is 0. The van der Waals surface area contributed by atoms with Crippen molar-refractivity contribution in [1.29, 1.82) is 0 Å². The van der Waals surface area contributed by atoms with Gasteiger partial charge in [-0.05, 0) is 77.6 Å². The average molecular weight is 491 g/mol. The lowest BCUT2D eigenvalue weighted by Crippen LogP contribution is -2.33. The molecule has 0 spiro atoms. The number of anilines is 1. The van der Waals surface area contributed by atoms with Gasteiger partial charge in [0.1, 0.15) is 11.4 Å². The third-order valence-electron chi connectivity index (χ3n) is 4.50. The molecule has 0 radical (unpaired) electrons. The predicted molar refractivity (Wildman–Crippen MR) is 133 cm³/mol. The largest absolute Gasteiger partial charge is 0.484 e. The summed E-state index contributed by atoms with van der Waals surface area (Å²) in [5.41, 5.74) is 0.752. The molecule has 0 aliphatic rings. The number of rotatable bonds is 11. The minimum absolute atomic E-state index is 0.108. The van der Waals surface area contributed by atoms with E-state index in [1.165, 1.54) is 11.3 Å². The number of alkyl carbamates (subject to hydrolysis) is 1. The maximum atomic E-state index is 12.4. The molecule has 1 aromatic carbocycles. The van der Waals surface area contributed by atoms with Crippen molar-refractivity contribution in [2.75, 3.05) is 25.0 Å². The van der Waals surface area contributed by atoms with Crippen LogP contribution in [0.3, 0.4) is 0 Å². The zero-order valence-corrected chi connectivity index (χ0v) is 21.3. The lowest BCUT2D eigenvalue weighted by molar-refractivity contribution is -0.123. The van der Waals surface area contributed by atoms with E-state index in [4.69, 9.17) is 9.47 Å². The third-order valence-corrected chi connectivity index (χ3v) is 5.33. The standard InChI is InChI=1S/C24H34N4O5S/c1-16-13-18(9-10-19(16)21(30)28-22-27-14-17(2)34-22)32-15-20(29)25-11-7-6-8-12-26-23(31)33-24(3,4)5/h9-10,13-14H,6-8,11-12,15H2,1-5H3,(H,25,29)(H,26,31)(H,27,28,30). The number of carbonyl (C=O) groups is 3. The fourth-order valence-corrected chi connectivity index (χ4v) is 3.58. The Kier molecular flexibility index (Phi) is 10.3. The normalized spacial score (nSPS) is 11.0.